The molecule has 5 heteroatoms. The van der Waals surface area contributed by atoms with Crippen molar-refractivity contribution in [3.05, 3.63) is 52.6 Å². The number of amides is 1. The van der Waals surface area contributed by atoms with Gasteiger partial charge >= 0.3 is 0 Å². The minimum atomic E-state index is -0.418. The molecule has 0 saturated heterocycles. The zero-order valence-electron chi connectivity index (χ0n) is 9.76. The summed E-state index contributed by atoms with van der Waals surface area (Å²) in [6.45, 7) is 0. The van der Waals surface area contributed by atoms with Crippen LogP contribution in [0.15, 0.2) is 42.7 Å². The summed E-state index contributed by atoms with van der Waals surface area (Å²) in [5, 5.41) is 1.64. The number of carbonyl (C=O) groups excluding carboxylic acids is 1. The molecule has 2 aromatic heterocycles. The third-order valence-electron chi connectivity index (χ3n) is 2.82. The van der Waals surface area contributed by atoms with Gasteiger partial charge in [-0.1, -0.05) is 23.7 Å². The van der Waals surface area contributed by atoms with Crippen molar-refractivity contribution in [3.8, 4) is 11.1 Å². The Morgan fingerprint density at radius 3 is 2.84 bits per heavy atom. The van der Waals surface area contributed by atoms with Gasteiger partial charge in [0.25, 0.3) is 5.91 Å². The van der Waals surface area contributed by atoms with Crippen molar-refractivity contribution < 1.29 is 4.79 Å². The third kappa shape index (κ3) is 2.20. The quantitative estimate of drug-likeness (QED) is 0.781. The molecule has 0 aliphatic heterocycles. The van der Waals surface area contributed by atoms with Crippen LogP contribution in [0.2, 0.25) is 5.02 Å². The van der Waals surface area contributed by atoms with Gasteiger partial charge in [0, 0.05) is 28.4 Å². The van der Waals surface area contributed by atoms with E-state index >= 15 is 0 Å². The molecule has 0 radical (unpaired) electrons. The van der Waals surface area contributed by atoms with E-state index in [0.717, 1.165) is 21.2 Å². The lowest BCUT2D eigenvalue weighted by molar-refractivity contribution is 0.100. The summed E-state index contributed by atoms with van der Waals surface area (Å²) in [6.07, 6.45) is 3.51. The Balaban J connectivity index is 2.26. The van der Waals surface area contributed by atoms with E-state index in [1.807, 2.05) is 24.3 Å². The van der Waals surface area contributed by atoms with Crippen LogP contribution >= 0.6 is 22.9 Å². The number of pyridine rings is 1. The van der Waals surface area contributed by atoms with E-state index in [1.54, 1.807) is 18.5 Å². The number of nitrogens with zero attached hydrogens (tertiary/aromatic N) is 1. The molecule has 3 aromatic rings. The Labute approximate surface area is 118 Å². The highest BCUT2D eigenvalue weighted by Crippen LogP contribution is 2.33. The summed E-state index contributed by atoms with van der Waals surface area (Å²) in [4.78, 5) is 16.0. The van der Waals surface area contributed by atoms with E-state index in [9.17, 15) is 4.79 Å². The van der Waals surface area contributed by atoms with Gasteiger partial charge in [-0.2, -0.15) is 0 Å². The molecule has 0 aliphatic carbocycles. The number of carbonyl (C=O) groups is 1. The summed E-state index contributed by atoms with van der Waals surface area (Å²) < 4.78 is 0.936. The molecule has 3 rings (SSSR count). The molecule has 94 valence electrons. The van der Waals surface area contributed by atoms with Crippen LogP contribution in [0, 0.1) is 0 Å². The largest absolute Gasteiger partial charge is 0.365 e. The SMILES string of the molecule is NC(=O)c1cc2c(-c3cccc(Cl)c3)cncc2s1. The molecule has 0 spiro atoms. The fraction of sp³-hybridized carbons (Fsp3) is 0. The maximum Gasteiger partial charge on any atom is 0.258 e. The van der Waals surface area contributed by atoms with Gasteiger partial charge in [-0.05, 0) is 23.8 Å². The van der Waals surface area contributed by atoms with Gasteiger partial charge < -0.3 is 5.73 Å². The van der Waals surface area contributed by atoms with Gasteiger partial charge in [-0.3, -0.25) is 9.78 Å². The lowest BCUT2D eigenvalue weighted by Gasteiger charge is -2.03. The van der Waals surface area contributed by atoms with Crippen molar-refractivity contribution in [1.29, 1.82) is 0 Å². The predicted molar refractivity (Wildman–Crippen MR) is 78.6 cm³/mol. The van der Waals surface area contributed by atoms with Crippen LogP contribution in [-0.4, -0.2) is 10.9 Å². The first-order chi connectivity index (χ1) is 9.15. The highest BCUT2D eigenvalue weighted by Gasteiger charge is 2.11. The molecule has 2 heterocycles. The van der Waals surface area contributed by atoms with Crippen molar-refractivity contribution in [3.63, 3.8) is 0 Å². The number of thiophene rings is 1. The van der Waals surface area contributed by atoms with Crippen LogP contribution in [0.5, 0.6) is 0 Å². The number of nitrogens with two attached hydrogens (primary N) is 1. The number of hydrogen-bond donors (Lipinski definition) is 1. The number of benzene rings is 1. The Morgan fingerprint density at radius 1 is 1.26 bits per heavy atom. The van der Waals surface area contributed by atoms with E-state index in [-0.39, 0.29) is 0 Å². The molecule has 1 aromatic carbocycles. The van der Waals surface area contributed by atoms with Gasteiger partial charge in [0.15, 0.2) is 0 Å². The van der Waals surface area contributed by atoms with E-state index in [0.29, 0.717) is 9.90 Å². The van der Waals surface area contributed by atoms with Crippen molar-refractivity contribution in [2.45, 2.75) is 0 Å². The van der Waals surface area contributed by atoms with Crippen molar-refractivity contribution >= 4 is 38.9 Å². The van der Waals surface area contributed by atoms with Gasteiger partial charge in [-0.25, -0.2) is 0 Å². The van der Waals surface area contributed by atoms with E-state index in [2.05, 4.69) is 4.98 Å². The fourth-order valence-corrected chi connectivity index (χ4v) is 3.07. The Morgan fingerprint density at radius 2 is 2.11 bits per heavy atom. The van der Waals surface area contributed by atoms with Gasteiger partial charge in [0.2, 0.25) is 0 Å². The molecule has 1 amide bonds. The lowest BCUT2D eigenvalue weighted by Crippen LogP contribution is -2.08. The van der Waals surface area contributed by atoms with Crippen LogP contribution in [0.4, 0.5) is 0 Å². The standard InChI is InChI=1S/C14H9ClN2OS/c15-9-3-1-2-8(4-9)11-6-17-7-13-10(11)5-12(19-13)14(16)18/h1-7H,(H2,16,18). The average molecular weight is 289 g/mol. The molecular weight excluding hydrogens is 280 g/mol. The second-order valence-electron chi connectivity index (χ2n) is 4.08. The molecule has 0 unspecified atom stereocenters. The summed E-state index contributed by atoms with van der Waals surface area (Å²) in [6, 6.07) is 9.35. The fourth-order valence-electron chi connectivity index (χ4n) is 1.97. The molecule has 0 fully saturated rings. The smallest absolute Gasteiger partial charge is 0.258 e. The first-order valence-corrected chi connectivity index (χ1v) is 6.78. The highest BCUT2D eigenvalue weighted by atomic mass is 35.5. The number of rotatable bonds is 2. The number of hydrogen-bond acceptors (Lipinski definition) is 3. The van der Waals surface area contributed by atoms with E-state index in [1.165, 1.54) is 11.3 Å². The normalized spacial score (nSPS) is 10.8. The number of halogens is 1. The average Bonchev–Trinajstić information content (AvgIpc) is 2.82. The maximum atomic E-state index is 11.3. The number of primary amides is 1. The van der Waals surface area contributed by atoms with Crippen molar-refractivity contribution in [2.24, 2.45) is 5.73 Å². The second kappa shape index (κ2) is 4.64. The summed E-state index contributed by atoms with van der Waals surface area (Å²) >= 11 is 7.36. The second-order valence-corrected chi connectivity index (χ2v) is 5.60. The third-order valence-corrected chi connectivity index (χ3v) is 4.14. The first-order valence-electron chi connectivity index (χ1n) is 5.58. The summed E-state index contributed by atoms with van der Waals surface area (Å²) in [7, 11) is 0. The van der Waals surface area contributed by atoms with Gasteiger partial charge in [-0.15, -0.1) is 11.3 Å². The van der Waals surface area contributed by atoms with Crippen LogP contribution < -0.4 is 5.73 Å². The van der Waals surface area contributed by atoms with Crippen LogP contribution in [0.25, 0.3) is 21.2 Å². The van der Waals surface area contributed by atoms with Crippen LogP contribution in [0.1, 0.15) is 9.67 Å². The highest BCUT2D eigenvalue weighted by molar-refractivity contribution is 7.20. The molecule has 0 aliphatic rings. The van der Waals surface area contributed by atoms with Crippen LogP contribution in [-0.2, 0) is 0 Å². The molecular formula is C14H9ClN2OS. The van der Waals surface area contributed by atoms with E-state index in [4.69, 9.17) is 17.3 Å². The van der Waals surface area contributed by atoms with Crippen LogP contribution in [0.3, 0.4) is 0 Å². The van der Waals surface area contributed by atoms with E-state index < -0.39 is 5.91 Å². The minimum Gasteiger partial charge on any atom is -0.365 e. The molecule has 19 heavy (non-hydrogen) atoms. The molecule has 0 atom stereocenters. The molecule has 3 nitrogen and oxygen atoms in total. The number of fused-ring (bicyclic) bond motifs is 1. The summed E-state index contributed by atoms with van der Waals surface area (Å²) in [5.74, 6) is -0.418. The topological polar surface area (TPSA) is 56.0 Å². The molecule has 0 bridgehead atoms. The van der Waals surface area contributed by atoms with Crippen molar-refractivity contribution in [1.82, 2.24) is 4.98 Å². The lowest BCUT2D eigenvalue weighted by atomic mass is 10.0. The van der Waals surface area contributed by atoms with Crippen molar-refractivity contribution in [2.75, 3.05) is 0 Å². The first kappa shape index (κ1) is 12.1. The molecule has 2 N–H and O–H groups in total. The monoisotopic (exact) mass is 288 g/mol. The minimum absolute atomic E-state index is 0.418. The van der Waals surface area contributed by atoms with Gasteiger partial charge in [0.05, 0.1) is 9.58 Å². The predicted octanol–water partition coefficient (Wildman–Crippen LogP) is 3.72. The Bertz CT molecular complexity index is 782. The summed E-state index contributed by atoms with van der Waals surface area (Å²) in [5.41, 5.74) is 7.24. The zero-order chi connectivity index (χ0) is 13.4. The number of aromatic nitrogens is 1. The Hall–Kier alpha value is -1.91. The zero-order valence-corrected chi connectivity index (χ0v) is 11.3. The molecule has 0 saturated carbocycles. The maximum absolute atomic E-state index is 11.3. The Kier molecular flexibility index (Phi) is 2.97. The van der Waals surface area contributed by atoms with Gasteiger partial charge in [0.1, 0.15) is 0 Å².